The zero-order valence-corrected chi connectivity index (χ0v) is 15.7. The number of hydrogen-bond donors (Lipinski definition) is 1. The molecular weight excluding hydrogens is 409 g/mol. The molecule has 1 aromatic heterocycles. The van der Waals surface area contributed by atoms with Crippen LogP contribution >= 0.6 is 0 Å². The van der Waals surface area contributed by atoms with Gasteiger partial charge in [0.25, 0.3) is 11.5 Å². The third kappa shape index (κ3) is 5.10. The van der Waals surface area contributed by atoms with Gasteiger partial charge in [0.15, 0.2) is 17.6 Å². The molecule has 1 atom stereocenters. The number of rotatable bonds is 6. The van der Waals surface area contributed by atoms with E-state index in [1.807, 2.05) is 0 Å². The van der Waals surface area contributed by atoms with Gasteiger partial charge in [-0.3, -0.25) is 14.4 Å². The molecule has 1 aliphatic rings. The average Bonchev–Trinajstić information content (AvgIpc) is 3.14. The lowest BCUT2D eigenvalue weighted by molar-refractivity contribution is -0.155. The molecule has 1 N–H and O–H groups in total. The quantitative estimate of drug-likeness (QED) is 0.709. The molecule has 1 amide bonds. The summed E-state index contributed by atoms with van der Waals surface area (Å²) < 4.78 is 54.2. The number of ether oxygens (including phenoxy) is 3. The van der Waals surface area contributed by atoms with Crippen LogP contribution in [0, 0.1) is 0 Å². The topological polar surface area (TPSA) is 95.9 Å². The van der Waals surface area contributed by atoms with Gasteiger partial charge in [-0.25, -0.2) is 0 Å². The third-order valence-corrected chi connectivity index (χ3v) is 4.19. The summed E-state index contributed by atoms with van der Waals surface area (Å²) in [6.45, 7) is 0.794. The Hall–Kier alpha value is -3.50. The first-order valence-corrected chi connectivity index (χ1v) is 8.77. The van der Waals surface area contributed by atoms with Crippen LogP contribution in [0.1, 0.15) is 18.1 Å². The number of aromatic nitrogens is 1. The van der Waals surface area contributed by atoms with E-state index in [4.69, 9.17) is 14.2 Å². The van der Waals surface area contributed by atoms with Crippen molar-refractivity contribution in [3.63, 3.8) is 0 Å². The van der Waals surface area contributed by atoms with Gasteiger partial charge < -0.3 is 24.1 Å². The standard InChI is InChI=1S/C19H17F3N2O6/c1-11(18(27)23-7-12-2-4-14-15(6-12)29-10-28-14)30-17(26)9-24-8-13(19(20,21)22)3-5-16(24)25/h2-6,8,11H,7,9-10H2,1H3,(H,23,27)/t11-/m0/s1. The van der Waals surface area contributed by atoms with Crippen molar-refractivity contribution in [1.82, 2.24) is 9.88 Å². The molecule has 0 radical (unpaired) electrons. The minimum absolute atomic E-state index is 0.118. The Kier molecular flexibility index (Phi) is 5.99. The van der Waals surface area contributed by atoms with Crippen molar-refractivity contribution in [3.8, 4) is 11.5 Å². The van der Waals surface area contributed by atoms with Crippen molar-refractivity contribution in [2.75, 3.05) is 6.79 Å². The molecule has 30 heavy (non-hydrogen) atoms. The first kappa shape index (κ1) is 21.2. The molecule has 0 bridgehead atoms. The van der Waals surface area contributed by atoms with Crippen LogP contribution in [0.15, 0.2) is 41.3 Å². The first-order valence-electron chi connectivity index (χ1n) is 8.77. The highest BCUT2D eigenvalue weighted by Gasteiger charge is 2.31. The molecule has 0 saturated heterocycles. The molecule has 1 aromatic carbocycles. The average molecular weight is 426 g/mol. The molecule has 0 unspecified atom stereocenters. The highest BCUT2D eigenvalue weighted by molar-refractivity contribution is 5.83. The monoisotopic (exact) mass is 426 g/mol. The van der Waals surface area contributed by atoms with E-state index in [2.05, 4.69) is 5.32 Å². The van der Waals surface area contributed by atoms with Gasteiger partial charge in [0.1, 0.15) is 6.54 Å². The van der Waals surface area contributed by atoms with Crippen molar-refractivity contribution in [2.45, 2.75) is 32.3 Å². The van der Waals surface area contributed by atoms with E-state index in [1.54, 1.807) is 18.2 Å². The van der Waals surface area contributed by atoms with Gasteiger partial charge in [-0.2, -0.15) is 13.2 Å². The van der Waals surface area contributed by atoms with Crippen molar-refractivity contribution in [3.05, 3.63) is 58.0 Å². The number of esters is 1. The van der Waals surface area contributed by atoms with Crippen molar-refractivity contribution < 1.29 is 37.0 Å². The second-order valence-corrected chi connectivity index (χ2v) is 6.42. The number of carbonyl (C=O) groups excluding carboxylic acids is 2. The van der Waals surface area contributed by atoms with Crippen LogP contribution in [0.5, 0.6) is 11.5 Å². The summed E-state index contributed by atoms with van der Waals surface area (Å²) in [6.07, 6.45) is -5.36. The highest BCUT2D eigenvalue weighted by Crippen LogP contribution is 2.32. The molecule has 11 heteroatoms. The molecule has 0 spiro atoms. The highest BCUT2D eigenvalue weighted by atomic mass is 19.4. The Labute approximate surface area is 168 Å². The van der Waals surface area contributed by atoms with E-state index >= 15 is 0 Å². The summed E-state index contributed by atoms with van der Waals surface area (Å²) in [7, 11) is 0. The van der Waals surface area contributed by atoms with Crippen LogP contribution < -0.4 is 20.3 Å². The van der Waals surface area contributed by atoms with E-state index in [1.165, 1.54) is 6.92 Å². The minimum Gasteiger partial charge on any atom is -0.454 e. The van der Waals surface area contributed by atoms with Crippen LogP contribution in [-0.2, 0) is 33.6 Å². The maximum atomic E-state index is 12.8. The Morgan fingerprint density at radius 2 is 1.93 bits per heavy atom. The first-order chi connectivity index (χ1) is 14.1. The molecule has 0 saturated carbocycles. The van der Waals surface area contributed by atoms with Gasteiger partial charge in [-0.15, -0.1) is 0 Å². The zero-order chi connectivity index (χ0) is 21.9. The van der Waals surface area contributed by atoms with Crippen molar-refractivity contribution in [2.24, 2.45) is 0 Å². The summed E-state index contributed by atoms with van der Waals surface area (Å²) in [5.41, 5.74) is -1.16. The fourth-order valence-electron chi connectivity index (χ4n) is 2.63. The van der Waals surface area contributed by atoms with Crippen LogP contribution in [0.2, 0.25) is 0 Å². The number of benzene rings is 1. The fraction of sp³-hybridized carbons (Fsp3) is 0.316. The lowest BCUT2D eigenvalue weighted by atomic mass is 10.2. The Morgan fingerprint density at radius 1 is 1.20 bits per heavy atom. The van der Waals surface area contributed by atoms with Gasteiger partial charge >= 0.3 is 12.1 Å². The fourth-order valence-corrected chi connectivity index (χ4v) is 2.63. The number of pyridine rings is 1. The SMILES string of the molecule is C[C@H](OC(=O)Cn1cc(C(F)(F)F)ccc1=O)C(=O)NCc1ccc2c(c1)OCO2. The van der Waals surface area contributed by atoms with E-state index in [0.29, 0.717) is 34.4 Å². The van der Waals surface area contributed by atoms with E-state index in [0.717, 1.165) is 5.56 Å². The number of fused-ring (bicyclic) bond motifs is 1. The number of alkyl halides is 3. The molecule has 8 nitrogen and oxygen atoms in total. The molecule has 160 valence electrons. The summed E-state index contributed by atoms with van der Waals surface area (Å²) in [5, 5.41) is 2.57. The lowest BCUT2D eigenvalue weighted by Gasteiger charge is -2.15. The largest absolute Gasteiger partial charge is 0.454 e. The number of hydrogen-bond acceptors (Lipinski definition) is 6. The molecule has 3 rings (SSSR count). The van der Waals surface area contributed by atoms with Gasteiger partial charge in [-0.05, 0) is 30.7 Å². The zero-order valence-electron chi connectivity index (χ0n) is 15.7. The maximum absolute atomic E-state index is 12.8. The number of nitrogens with zero attached hydrogens (tertiary/aromatic N) is 1. The van der Waals surface area contributed by atoms with Crippen molar-refractivity contribution in [1.29, 1.82) is 0 Å². The summed E-state index contributed by atoms with van der Waals surface area (Å²) in [5.74, 6) is -0.496. The lowest BCUT2D eigenvalue weighted by Crippen LogP contribution is -2.37. The van der Waals surface area contributed by atoms with Crippen LogP contribution in [0.3, 0.4) is 0 Å². The van der Waals surface area contributed by atoms with Gasteiger partial charge in [-0.1, -0.05) is 6.07 Å². The number of amides is 1. The number of carbonyl (C=O) groups is 2. The number of halogens is 3. The predicted molar refractivity (Wildman–Crippen MR) is 95.7 cm³/mol. The molecular formula is C19H17F3N2O6. The van der Waals surface area contributed by atoms with Gasteiger partial charge in [0.05, 0.1) is 5.56 Å². The molecule has 0 aliphatic carbocycles. The predicted octanol–water partition coefficient (Wildman–Crippen LogP) is 1.84. The van der Waals surface area contributed by atoms with Gasteiger partial charge in [0.2, 0.25) is 6.79 Å². The van der Waals surface area contributed by atoms with Crippen LogP contribution in [0.25, 0.3) is 0 Å². The smallest absolute Gasteiger partial charge is 0.417 e. The summed E-state index contributed by atoms with van der Waals surface area (Å²) in [4.78, 5) is 35.8. The molecule has 1 aliphatic heterocycles. The van der Waals surface area contributed by atoms with E-state index in [9.17, 15) is 27.6 Å². The third-order valence-electron chi connectivity index (χ3n) is 4.19. The van der Waals surface area contributed by atoms with E-state index < -0.39 is 41.8 Å². The van der Waals surface area contributed by atoms with E-state index in [-0.39, 0.29) is 13.3 Å². The second kappa shape index (κ2) is 8.47. The molecule has 2 aromatic rings. The maximum Gasteiger partial charge on any atom is 0.417 e. The summed E-state index contributed by atoms with van der Waals surface area (Å²) >= 11 is 0. The second-order valence-electron chi connectivity index (χ2n) is 6.42. The van der Waals surface area contributed by atoms with Crippen LogP contribution in [-0.4, -0.2) is 29.3 Å². The minimum atomic E-state index is -4.67. The normalized spacial score (nSPS) is 13.6. The van der Waals surface area contributed by atoms with Gasteiger partial charge in [0, 0.05) is 18.8 Å². The molecule has 0 fully saturated rings. The van der Waals surface area contributed by atoms with Crippen molar-refractivity contribution >= 4 is 11.9 Å². The molecule has 2 heterocycles. The Bertz CT molecular complexity index is 1020. The Morgan fingerprint density at radius 3 is 2.67 bits per heavy atom. The number of nitrogens with one attached hydrogen (secondary N) is 1. The Balaban J connectivity index is 1.54. The summed E-state index contributed by atoms with van der Waals surface area (Å²) in [6, 6.07) is 6.44. The van der Waals surface area contributed by atoms with Crippen LogP contribution in [0.4, 0.5) is 13.2 Å².